The van der Waals surface area contributed by atoms with E-state index in [1.165, 1.54) is 19.3 Å². The molecular formula is C17H14N2O5. The lowest BCUT2D eigenvalue weighted by Gasteiger charge is -2.14. The molecule has 0 aliphatic heterocycles. The van der Waals surface area contributed by atoms with Crippen LogP contribution in [0.4, 0.5) is 5.69 Å². The van der Waals surface area contributed by atoms with Gasteiger partial charge < -0.3 is 14.2 Å². The molecule has 24 heavy (non-hydrogen) atoms. The van der Waals surface area contributed by atoms with Gasteiger partial charge in [-0.1, -0.05) is 24.8 Å². The van der Waals surface area contributed by atoms with Gasteiger partial charge in [0.25, 0.3) is 0 Å². The van der Waals surface area contributed by atoms with E-state index in [0.29, 0.717) is 5.75 Å². The van der Waals surface area contributed by atoms with Crippen LogP contribution in [0.15, 0.2) is 49.1 Å². The van der Waals surface area contributed by atoms with Gasteiger partial charge in [-0.25, -0.2) is 0 Å². The summed E-state index contributed by atoms with van der Waals surface area (Å²) in [5, 5.41) is 20.4. The van der Waals surface area contributed by atoms with E-state index in [9.17, 15) is 10.1 Å². The Morgan fingerprint density at radius 1 is 1.29 bits per heavy atom. The van der Waals surface area contributed by atoms with Crippen LogP contribution >= 0.6 is 0 Å². The number of benzene rings is 2. The van der Waals surface area contributed by atoms with Crippen molar-refractivity contribution in [2.45, 2.75) is 0 Å². The zero-order valence-electron chi connectivity index (χ0n) is 12.9. The Bertz CT molecular complexity index is 811. The Labute approximate surface area is 138 Å². The molecule has 0 N–H and O–H groups in total. The van der Waals surface area contributed by atoms with E-state index >= 15 is 0 Å². The molecule has 122 valence electrons. The Kier molecular flexibility index (Phi) is 5.36. The van der Waals surface area contributed by atoms with E-state index in [4.69, 9.17) is 19.5 Å². The Balaban J connectivity index is 2.58. The van der Waals surface area contributed by atoms with E-state index in [1.807, 2.05) is 6.07 Å². The molecule has 2 rings (SSSR count). The normalized spacial score (nSPS) is 9.67. The molecule has 2 aromatic carbocycles. The van der Waals surface area contributed by atoms with Gasteiger partial charge in [-0.3, -0.25) is 10.1 Å². The molecule has 0 radical (unpaired) electrons. The zero-order valence-corrected chi connectivity index (χ0v) is 12.9. The monoisotopic (exact) mass is 326 g/mol. The van der Waals surface area contributed by atoms with Gasteiger partial charge >= 0.3 is 5.69 Å². The van der Waals surface area contributed by atoms with Crippen LogP contribution in [0.3, 0.4) is 0 Å². The zero-order chi connectivity index (χ0) is 17.5. The minimum Gasteiger partial charge on any atom is -0.493 e. The molecule has 0 amide bonds. The molecule has 0 aliphatic carbocycles. The number of hydrogen-bond acceptors (Lipinski definition) is 6. The fourth-order valence-corrected chi connectivity index (χ4v) is 1.96. The first-order valence-corrected chi connectivity index (χ1v) is 6.87. The van der Waals surface area contributed by atoms with Crippen molar-refractivity contribution in [1.29, 1.82) is 5.26 Å². The number of nitro benzene ring substituents is 1. The number of methoxy groups -OCH3 is 1. The number of ether oxygens (including phenoxy) is 3. The second kappa shape index (κ2) is 7.65. The van der Waals surface area contributed by atoms with Crippen LogP contribution < -0.4 is 14.2 Å². The molecule has 7 nitrogen and oxygen atoms in total. The lowest BCUT2D eigenvalue weighted by Crippen LogP contribution is -2.01. The Morgan fingerprint density at radius 2 is 2.00 bits per heavy atom. The van der Waals surface area contributed by atoms with Crippen molar-refractivity contribution in [1.82, 2.24) is 0 Å². The van der Waals surface area contributed by atoms with Crippen molar-refractivity contribution in [3.05, 3.63) is 64.7 Å². The summed E-state index contributed by atoms with van der Waals surface area (Å²) in [5.41, 5.74) is -0.285. The maximum Gasteiger partial charge on any atom is 0.316 e. The average Bonchev–Trinajstić information content (AvgIpc) is 2.60. The number of nitriles is 1. The van der Waals surface area contributed by atoms with Gasteiger partial charge in [-0.05, 0) is 12.1 Å². The highest BCUT2D eigenvalue weighted by molar-refractivity contribution is 5.62. The van der Waals surface area contributed by atoms with E-state index in [1.54, 1.807) is 24.3 Å². The van der Waals surface area contributed by atoms with E-state index < -0.39 is 4.92 Å². The number of para-hydroxylation sites is 2. The summed E-state index contributed by atoms with van der Waals surface area (Å²) in [7, 11) is 1.46. The van der Waals surface area contributed by atoms with Crippen molar-refractivity contribution in [2.75, 3.05) is 13.7 Å². The van der Waals surface area contributed by atoms with E-state index in [2.05, 4.69) is 6.58 Å². The van der Waals surface area contributed by atoms with Crippen LogP contribution in [0, 0.1) is 21.4 Å². The topological polar surface area (TPSA) is 94.6 Å². The van der Waals surface area contributed by atoms with Gasteiger partial charge in [0.2, 0.25) is 5.75 Å². The van der Waals surface area contributed by atoms with Crippen molar-refractivity contribution in [3.63, 3.8) is 0 Å². The van der Waals surface area contributed by atoms with Gasteiger partial charge in [-0.15, -0.1) is 0 Å². The molecule has 2 aromatic rings. The molecule has 0 unspecified atom stereocenters. The first-order valence-electron chi connectivity index (χ1n) is 6.87. The van der Waals surface area contributed by atoms with Gasteiger partial charge in [-0.2, -0.15) is 5.26 Å². The molecule has 0 spiro atoms. The summed E-state index contributed by atoms with van der Waals surface area (Å²) in [6, 6.07) is 11.1. The standard InChI is InChI=1S/C17H14N2O5/c1-3-8-23-16-10-12(11-18)9-13(19(20)21)17(16)24-15-7-5-4-6-14(15)22-2/h3-7,9-10H,1,8H2,2H3. The Morgan fingerprint density at radius 3 is 2.58 bits per heavy atom. The smallest absolute Gasteiger partial charge is 0.316 e. The SMILES string of the molecule is C=CCOc1cc(C#N)cc([N+](=O)[O-])c1Oc1ccccc1OC. The number of nitro groups is 1. The lowest BCUT2D eigenvalue weighted by molar-refractivity contribution is -0.385. The highest BCUT2D eigenvalue weighted by Gasteiger charge is 2.24. The maximum absolute atomic E-state index is 11.4. The van der Waals surface area contributed by atoms with Gasteiger partial charge in [0, 0.05) is 12.1 Å². The van der Waals surface area contributed by atoms with Gasteiger partial charge in [0.15, 0.2) is 17.2 Å². The summed E-state index contributed by atoms with van der Waals surface area (Å²) < 4.78 is 16.3. The molecule has 0 aliphatic rings. The maximum atomic E-state index is 11.4. The molecule has 0 fully saturated rings. The third-order valence-electron chi connectivity index (χ3n) is 3.00. The number of hydrogen-bond donors (Lipinski definition) is 0. The second-order valence-electron chi connectivity index (χ2n) is 4.54. The summed E-state index contributed by atoms with van der Waals surface area (Å²) in [5.74, 6) is 0.666. The fourth-order valence-electron chi connectivity index (χ4n) is 1.96. The van der Waals surface area contributed by atoms with Crippen molar-refractivity contribution < 1.29 is 19.1 Å². The lowest BCUT2D eigenvalue weighted by atomic mass is 10.2. The van der Waals surface area contributed by atoms with Gasteiger partial charge in [0.1, 0.15) is 6.61 Å². The van der Waals surface area contributed by atoms with Crippen LogP contribution in [0.2, 0.25) is 0 Å². The average molecular weight is 326 g/mol. The summed E-state index contributed by atoms with van der Waals surface area (Å²) in [6.07, 6.45) is 1.48. The molecular weight excluding hydrogens is 312 g/mol. The fraction of sp³-hybridized carbons (Fsp3) is 0.118. The quantitative estimate of drug-likeness (QED) is 0.436. The van der Waals surface area contributed by atoms with Crippen molar-refractivity contribution in [3.8, 4) is 29.1 Å². The largest absolute Gasteiger partial charge is 0.493 e. The van der Waals surface area contributed by atoms with Crippen molar-refractivity contribution in [2.24, 2.45) is 0 Å². The minimum absolute atomic E-state index is 0.0755. The molecule has 7 heteroatoms. The van der Waals surface area contributed by atoms with Crippen LogP contribution in [0.25, 0.3) is 0 Å². The predicted octanol–water partition coefficient (Wildman–Crippen LogP) is 3.83. The van der Waals surface area contributed by atoms with Crippen LogP contribution in [0.5, 0.6) is 23.0 Å². The molecule has 0 atom stereocenters. The summed E-state index contributed by atoms with van der Waals surface area (Å²) >= 11 is 0. The molecule has 0 heterocycles. The van der Waals surface area contributed by atoms with E-state index in [-0.39, 0.29) is 35.1 Å². The first-order chi connectivity index (χ1) is 11.6. The molecule has 0 saturated heterocycles. The third-order valence-corrected chi connectivity index (χ3v) is 3.00. The highest BCUT2D eigenvalue weighted by Crippen LogP contribution is 2.43. The molecule has 0 aromatic heterocycles. The van der Waals surface area contributed by atoms with Crippen LogP contribution in [0.1, 0.15) is 5.56 Å². The second-order valence-corrected chi connectivity index (χ2v) is 4.54. The number of rotatable bonds is 7. The highest BCUT2D eigenvalue weighted by atomic mass is 16.6. The van der Waals surface area contributed by atoms with Crippen molar-refractivity contribution >= 4 is 5.69 Å². The first kappa shape index (κ1) is 16.8. The predicted molar refractivity (Wildman–Crippen MR) is 86.6 cm³/mol. The summed E-state index contributed by atoms with van der Waals surface area (Å²) in [6.45, 7) is 3.64. The van der Waals surface area contributed by atoms with Crippen LogP contribution in [-0.4, -0.2) is 18.6 Å². The third kappa shape index (κ3) is 3.62. The molecule has 0 saturated carbocycles. The summed E-state index contributed by atoms with van der Waals surface area (Å²) in [4.78, 5) is 10.7. The number of nitrogens with zero attached hydrogens (tertiary/aromatic N) is 2. The van der Waals surface area contributed by atoms with Gasteiger partial charge in [0.05, 0.1) is 23.7 Å². The van der Waals surface area contributed by atoms with Crippen LogP contribution in [-0.2, 0) is 0 Å². The van der Waals surface area contributed by atoms with E-state index in [0.717, 1.165) is 6.07 Å². The Hall–Kier alpha value is -3.53. The minimum atomic E-state index is -0.633. The molecule has 0 bridgehead atoms.